The van der Waals surface area contributed by atoms with Gasteiger partial charge in [0.2, 0.25) is 0 Å². The number of benzene rings is 2. The highest BCUT2D eigenvalue weighted by Crippen LogP contribution is 2.30. The van der Waals surface area contributed by atoms with E-state index in [1.165, 1.54) is 59.9 Å². The largest absolute Gasteiger partial charge is 0.478 e. The van der Waals surface area contributed by atoms with Crippen LogP contribution in [0.1, 0.15) is 37.7 Å². The van der Waals surface area contributed by atoms with Crippen LogP contribution in [0.25, 0.3) is 0 Å². The van der Waals surface area contributed by atoms with E-state index < -0.39 is 24.0 Å². The van der Waals surface area contributed by atoms with Crippen LogP contribution < -0.4 is 21.3 Å². The molecule has 12 heteroatoms. The number of thiazole rings is 1. The van der Waals surface area contributed by atoms with Gasteiger partial charge in [0.1, 0.15) is 0 Å². The average Bonchev–Trinajstić information content (AvgIpc) is 3.21. The van der Waals surface area contributed by atoms with Crippen molar-refractivity contribution < 1.29 is 29.4 Å². The Balaban J connectivity index is 1.29. The highest BCUT2D eigenvalue weighted by atomic mass is 32.1. The number of nitrogens with one attached hydrogen (secondary N) is 4. The summed E-state index contributed by atoms with van der Waals surface area (Å²) in [5.74, 6) is -2.08. The van der Waals surface area contributed by atoms with Gasteiger partial charge in [-0.15, -0.1) is 11.3 Å². The smallest absolute Gasteiger partial charge is 0.335 e. The number of fused-ring (bicyclic) bond motifs is 1. The van der Waals surface area contributed by atoms with Crippen molar-refractivity contribution in [3.63, 3.8) is 0 Å². The quantitative estimate of drug-likeness (QED) is 0.301. The van der Waals surface area contributed by atoms with Gasteiger partial charge in [0.25, 0.3) is 0 Å². The van der Waals surface area contributed by atoms with Crippen molar-refractivity contribution in [3.8, 4) is 0 Å². The second-order valence-electron chi connectivity index (χ2n) is 7.77. The Morgan fingerprint density at radius 1 is 0.800 bits per heavy atom. The van der Waals surface area contributed by atoms with Gasteiger partial charge in [-0.1, -0.05) is 0 Å². The van der Waals surface area contributed by atoms with Crippen molar-refractivity contribution in [3.05, 3.63) is 70.2 Å². The first-order valence-electron chi connectivity index (χ1n) is 10.6. The van der Waals surface area contributed by atoms with Crippen LogP contribution in [-0.4, -0.2) is 45.2 Å². The number of urea groups is 2. The average molecular weight is 496 g/mol. The Hall–Kier alpha value is -4.45. The van der Waals surface area contributed by atoms with Crippen molar-refractivity contribution in [2.75, 3.05) is 16.0 Å². The lowest BCUT2D eigenvalue weighted by Gasteiger charge is -2.22. The number of rotatable bonds is 6. The number of anilines is 3. The molecule has 0 bridgehead atoms. The van der Waals surface area contributed by atoms with Gasteiger partial charge >= 0.3 is 24.0 Å². The molecule has 4 amide bonds. The summed E-state index contributed by atoms with van der Waals surface area (Å²) < 4.78 is 0. The molecule has 1 aromatic heterocycles. The minimum atomic E-state index is -1.05. The molecule has 3 aromatic rings. The van der Waals surface area contributed by atoms with Crippen molar-refractivity contribution >= 4 is 51.8 Å². The summed E-state index contributed by atoms with van der Waals surface area (Å²) in [6, 6.07) is 10.7. The number of hydrogen-bond donors (Lipinski definition) is 6. The maximum Gasteiger partial charge on any atom is 0.335 e. The van der Waals surface area contributed by atoms with E-state index in [1.54, 1.807) is 0 Å². The molecule has 1 aliphatic carbocycles. The van der Waals surface area contributed by atoms with Gasteiger partial charge in [-0.2, -0.15) is 0 Å². The van der Waals surface area contributed by atoms with E-state index in [0.29, 0.717) is 35.8 Å². The summed E-state index contributed by atoms with van der Waals surface area (Å²) in [4.78, 5) is 51.9. The molecule has 0 radical (unpaired) electrons. The van der Waals surface area contributed by atoms with Gasteiger partial charge in [-0.25, -0.2) is 24.2 Å². The lowest BCUT2D eigenvalue weighted by Crippen LogP contribution is -2.41. The number of nitrogens with zero attached hydrogens (tertiary/aromatic N) is 1. The van der Waals surface area contributed by atoms with Gasteiger partial charge < -0.3 is 26.2 Å². The number of carboxylic acid groups (broad SMARTS) is 2. The summed E-state index contributed by atoms with van der Waals surface area (Å²) in [7, 11) is 0. The van der Waals surface area contributed by atoms with Crippen molar-refractivity contribution in [2.45, 2.75) is 25.3 Å². The first kappa shape index (κ1) is 23.7. The number of aryl methyl sites for hydroxylation is 1. The molecule has 11 nitrogen and oxygen atoms in total. The van der Waals surface area contributed by atoms with Crippen LogP contribution in [0, 0.1) is 0 Å². The monoisotopic (exact) mass is 495 g/mol. The normalized spacial score (nSPS) is 14.3. The van der Waals surface area contributed by atoms with Gasteiger partial charge in [-0.3, -0.25) is 5.32 Å². The SMILES string of the molecule is O=C(Nc1ccc(C(=O)O)cc1)Nc1nc2c(s1)CC(NC(=O)Nc1ccc(C(=O)O)cc1)CC2. The van der Waals surface area contributed by atoms with Gasteiger partial charge in [0.15, 0.2) is 5.13 Å². The third-order valence-corrected chi connectivity index (χ3v) is 6.31. The molecule has 0 saturated heterocycles. The Morgan fingerprint density at radius 3 is 1.89 bits per heavy atom. The number of hydrogen-bond acceptors (Lipinski definition) is 6. The number of aromatic nitrogens is 1. The van der Waals surface area contributed by atoms with Crippen LogP contribution in [0.3, 0.4) is 0 Å². The second-order valence-corrected chi connectivity index (χ2v) is 8.85. The zero-order valence-corrected chi connectivity index (χ0v) is 19.0. The summed E-state index contributed by atoms with van der Waals surface area (Å²) in [5.41, 5.74) is 2.06. The first-order valence-corrected chi connectivity index (χ1v) is 11.4. The second kappa shape index (κ2) is 10.2. The summed E-state index contributed by atoms with van der Waals surface area (Å²) >= 11 is 1.33. The molecule has 1 aliphatic rings. The van der Waals surface area contributed by atoms with Crippen molar-refractivity contribution in [1.82, 2.24) is 10.3 Å². The van der Waals surface area contributed by atoms with Crippen LogP contribution in [0.5, 0.6) is 0 Å². The van der Waals surface area contributed by atoms with E-state index in [1.807, 2.05) is 0 Å². The van der Waals surface area contributed by atoms with Gasteiger partial charge in [-0.05, 0) is 61.4 Å². The number of aromatic carboxylic acids is 2. The standard InChI is InChI=1S/C23H21N5O6S/c29-19(30)12-1-5-14(6-2-12)24-21(33)26-16-9-10-17-18(11-16)35-23(27-17)28-22(34)25-15-7-3-13(4-8-15)20(31)32/h1-8,16H,9-11H2,(H,29,30)(H,31,32)(H2,24,26,33)(H2,25,27,28,34). The first-order chi connectivity index (χ1) is 16.8. The Morgan fingerprint density at radius 2 is 1.34 bits per heavy atom. The summed E-state index contributed by atoms with van der Waals surface area (Å²) in [5, 5.41) is 29.2. The highest BCUT2D eigenvalue weighted by Gasteiger charge is 2.24. The zero-order valence-electron chi connectivity index (χ0n) is 18.2. The topological polar surface area (TPSA) is 170 Å². The molecule has 1 unspecified atom stereocenters. The third-order valence-electron chi connectivity index (χ3n) is 5.27. The molecule has 2 aromatic carbocycles. The van der Waals surface area contributed by atoms with E-state index in [0.717, 1.165) is 10.6 Å². The lowest BCUT2D eigenvalue weighted by molar-refractivity contribution is 0.0686. The Labute approximate surface area is 203 Å². The number of carboxylic acids is 2. The Kier molecular flexibility index (Phi) is 6.92. The fourth-order valence-electron chi connectivity index (χ4n) is 3.56. The maximum atomic E-state index is 12.3. The van der Waals surface area contributed by atoms with Crippen LogP contribution in [0.15, 0.2) is 48.5 Å². The van der Waals surface area contributed by atoms with E-state index in [-0.39, 0.29) is 17.2 Å². The van der Waals surface area contributed by atoms with Gasteiger partial charge in [0, 0.05) is 28.7 Å². The van der Waals surface area contributed by atoms with E-state index in [9.17, 15) is 19.2 Å². The van der Waals surface area contributed by atoms with Crippen molar-refractivity contribution in [2.24, 2.45) is 0 Å². The highest BCUT2D eigenvalue weighted by molar-refractivity contribution is 7.15. The maximum absolute atomic E-state index is 12.3. The van der Waals surface area contributed by atoms with Crippen LogP contribution in [0.2, 0.25) is 0 Å². The summed E-state index contributed by atoms with van der Waals surface area (Å²) in [6.07, 6.45) is 1.89. The molecule has 0 saturated carbocycles. The number of amides is 4. The lowest BCUT2D eigenvalue weighted by atomic mass is 9.98. The molecule has 35 heavy (non-hydrogen) atoms. The molecule has 1 atom stereocenters. The number of carbonyl (C=O) groups is 4. The minimum Gasteiger partial charge on any atom is -0.478 e. The van der Waals surface area contributed by atoms with Crippen LogP contribution in [-0.2, 0) is 12.8 Å². The minimum absolute atomic E-state index is 0.115. The molecule has 1 heterocycles. The van der Waals surface area contributed by atoms with E-state index in [4.69, 9.17) is 10.2 Å². The van der Waals surface area contributed by atoms with E-state index in [2.05, 4.69) is 26.3 Å². The molecule has 0 fully saturated rings. The third kappa shape index (κ3) is 6.12. The zero-order chi connectivity index (χ0) is 24.9. The molecular weight excluding hydrogens is 474 g/mol. The molecule has 6 N–H and O–H groups in total. The van der Waals surface area contributed by atoms with Crippen molar-refractivity contribution in [1.29, 1.82) is 0 Å². The molecule has 0 aliphatic heterocycles. The molecule has 0 spiro atoms. The predicted molar refractivity (Wildman–Crippen MR) is 130 cm³/mol. The fraction of sp³-hybridized carbons (Fsp3) is 0.174. The van der Waals surface area contributed by atoms with Crippen LogP contribution >= 0.6 is 11.3 Å². The van der Waals surface area contributed by atoms with E-state index >= 15 is 0 Å². The molecule has 4 rings (SSSR count). The fourth-order valence-corrected chi connectivity index (χ4v) is 4.64. The summed E-state index contributed by atoms with van der Waals surface area (Å²) in [6.45, 7) is 0. The van der Waals surface area contributed by atoms with Crippen LogP contribution in [0.4, 0.5) is 26.1 Å². The molecular formula is C23H21N5O6S. The number of carbonyl (C=O) groups excluding carboxylic acids is 2. The predicted octanol–water partition coefficient (Wildman–Crippen LogP) is 3.86. The molecule has 180 valence electrons. The van der Waals surface area contributed by atoms with Gasteiger partial charge in [0.05, 0.1) is 16.8 Å². The Bertz CT molecular complexity index is 1270.